The third kappa shape index (κ3) is 2.54. The first-order chi connectivity index (χ1) is 9.79. The van der Waals surface area contributed by atoms with Gasteiger partial charge in [-0.05, 0) is 49.3 Å². The van der Waals surface area contributed by atoms with Crippen LogP contribution in [0.5, 0.6) is 5.75 Å². The minimum atomic E-state index is 0.171. The summed E-state index contributed by atoms with van der Waals surface area (Å²) in [5, 5.41) is 3.01. The monoisotopic (exact) mass is 273 g/mol. The molecule has 1 aliphatic heterocycles. The summed E-state index contributed by atoms with van der Waals surface area (Å²) in [5.41, 5.74) is 4.48. The Bertz CT molecular complexity index is 510. The van der Waals surface area contributed by atoms with Gasteiger partial charge in [-0.15, -0.1) is 0 Å². The van der Waals surface area contributed by atoms with E-state index in [0.717, 1.165) is 31.7 Å². The highest BCUT2D eigenvalue weighted by Crippen LogP contribution is 2.42. The normalized spacial score (nSPS) is 19.4. The molecule has 1 amide bonds. The number of hydrogen-bond acceptors (Lipinski definition) is 2. The molecule has 1 aromatic rings. The Balaban J connectivity index is 1.64. The molecule has 1 aromatic carbocycles. The van der Waals surface area contributed by atoms with Crippen LogP contribution in [0.4, 0.5) is 0 Å². The number of hydrogen-bond donors (Lipinski definition) is 1. The molecule has 0 aromatic heterocycles. The van der Waals surface area contributed by atoms with E-state index in [0.29, 0.717) is 12.3 Å². The summed E-state index contributed by atoms with van der Waals surface area (Å²) < 4.78 is 5.83. The number of ether oxygens (including phenoxy) is 1. The Morgan fingerprint density at radius 1 is 1.40 bits per heavy atom. The maximum atomic E-state index is 11.5. The van der Waals surface area contributed by atoms with Gasteiger partial charge >= 0.3 is 0 Å². The molecule has 2 aliphatic rings. The van der Waals surface area contributed by atoms with Crippen LogP contribution >= 0.6 is 0 Å². The van der Waals surface area contributed by atoms with Crippen molar-refractivity contribution in [2.24, 2.45) is 0 Å². The SMILES string of the molecule is CCCC(=O)NCCC1COc2ccc3c(c21)CCC3. The van der Waals surface area contributed by atoms with Crippen LogP contribution in [0.2, 0.25) is 0 Å². The molecule has 0 bridgehead atoms. The van der Waals surface area contributed by atoms with E-state index >= 15 is 0 Å². The van der Waals surface area contributed by atoms with Crippen molar-refractivity contribution in [2.45, 2.75) is 51.4 Å². The first-order valence-electron chi connectivity index (χ1n) is 7.83. The third-order valence-corrected chi connectivity index (χ3v) is 4.43. The zero-order chi connectivity index (χ0) is 13.9. The van der Waals surface area contributed by atoms with Gasteiger partial charge in [0, 0.05) is 24.4 Å². The molecule has 3 heteroatoms. The predicted molar refractivity (Wildman–Crippen MR) is 79.2 cm³/mol. The van der Waals surface area contributed by atoms with E-state index in [9.17, 15) is 4.79 Å². The first-order valence-corrected chi connectivity index (χ1v) is 7.83. The fourth-order valence-electron chi connectivity index (χ4n) is 3.45. The van der Waals surface area contributed by atoms with Crippen molar-refractivity contribution in [3.63, 3.8) is 0 Å². The predicted octanol–water partition coefficient (Wildman–Crippen LogP) is 2.96. The Labute approximate surface area is 120 Å². The molecule has 1 N–H and O–H groups in total. The molecular weight excluding hydrogens is 250 g/mol. The second-order valence-electron chi connectivity index (χ2n) is 5.87. The molecule has 3 nitrogen and oxygen atoms in total. The third-order valence-electron chi connectivity index (χ3n) is 4.43. The van der Waals surface area contributed by atoms with Crippen molar-refractivity contribution in [1.29, 1.82) is 0 Å². The summed E-state index contributed by atoms with van der Waals surface area (Å²) in [6.07, 6.45) is 6.20. The Kier molecular flexibility index (Phi) is 3.95. The molecule has 3 rings (SSSR count). The maximum Gasteiger partial charge on any atom is 0.219 e. The molecule has 0 radical (unpaired) electrons. The van der Waals surface area contributed by atoms with E-state index in [1.807, 2.05) is 6.92 Å². The van der Waals surface area contributed by atoms with E-state index in [2.05, 4.69) is 17.4 Å². The molecule has 0 spiro atoms. The number of carbonyl (C=O) groups is 1. The fourth-order valence-corrected chi connectivity index (χ4v) is 3.45. The highest BCUT2D eigenvalue weighted by atomic mass is 16.5. The standard InChI is InChI=1S/C17H23NO2/c1-2-4-16(19)18-10-9-13-11-20-15-8-7-12-5-3-6-14(12)17(13)15/h7-8,13H,2-6,9-11H2,1H3,(H,18,19). The minimum Gasteiger partial charge on any atom is -0.493 e. The Hall–Kier alpha value is -1.51. The summed E-state index contributed by atoms with van der Waals surface area (Å²) in [6, 6.07) is 4.36. The second-order valence-corrected chi connectivity index (χ2v) is 5.87. The Morgan fingerprint density at radius 3 is 3.15 bits per heavy atom. The van der Waals surface area contributed by atoms with Gasteiger partial charge in [0.1, 0.15) is 5.75 Å². The van der Waals surface area contributed by atoms with Crippen LogP contribution in [-0.2, 0) is 17.6 Å². The van der Waals surface area contributed by atoms with Crippen LogP contribution in [0, 0.1) is 0 Å². The number of amides is 1. The maximum absolute atomic E-state index is 11.5. The van der Waals surface area contributed by atoms with E-state index in [1.165, 1.54) is 36.0 Å². The van der Waals surface area contributed by atoms with Crippen molar-refractivity contribution in [3.8, 4) is 5.75 Å². The van der Waals surface area contributed by atoms with Gasteiger partial charge in [-0.25, -0.2) is 0 Å². The largest absolute Gasteiger partial charge is 0.493 e. The molecule has 20 heavy (non-hydrogen) atoms. The Morgan fingerprint density at radius 2 is 2.30 bits per heavy atom. The van der Waals surface area contributed by atoms with Crippen molar-refractivity contribution in [3.05, 3.63) is 28.8 Å². The van der Waals surface area contributed by atoms with E-state index < -0.39 is 0 Å². The molecule has 1 aliphatic carbocycles. The van der Waals surface area contributed by atoms with Gasteiger partial charge in [-0.1, -0.05) is 13.0 Å². The second kappa shape index (κ2) is 5.86. The molecule has 1 unspecified atom stereocenters. The van der Waals surface area contributed by atoms with Crippen molar-refractivity contribution in [2.75, 3.05) is 13.2 Å². The van der Waals surface area contributed by atoms with Crippen LogP contribution in [0.25, 0.3) is 0 Å². The van der Waals surface area contributed by atoms with Crippen LogP contribution in [0.15, 0.2) is 12.1 Å². The van der Waals surface area contributed by atoms with Crippen LogP contribution in [0.3, 0.4) is 0 Å². The van der Waals surface area contributed by atoms with Crippen LogP contribution in [-0.4, -0.2) is 19.1 Å². The average molecular weight is 273 g/mol. The number of carbonyl (C=O) groups excluding carboxylic acids is 1. The van der Waals surface area contributed by atoms with E-state index in [4.69, 9.17) is 4.74 Å². The highest BCUT2D eigenvalue weighted by molar-refractivity contribution is 5.75. The van der Waals surface area contributed by atoms with Gasteiger partial charge < -0.3 is 10.1 Å². The van der Waals surface area contributed by atoms with Crippen LogP contribution < -0.4 is 10.1 Å². The molecule has 0 fully saturated rings. The smallest absolute Gasteiger partial charge is 0.219 e. The van der Waals surface area contributed by atoms with E-state index in [1.54, 1.807) is 0 Å². The quantitative estimate of drug-likeness (QED) is 0.895. The number of rotatable bonds is 5. The summed E-state index contributed by atoms with van der Waals surface area (Å²) >= 11 is 0. The minimum absolute atomic E-state index is 0.171. The molecule has 0 saturated heterocycles. The lowest BCUT2D eigenvalue weighted by atomic mass is 9.91. The number of aryl methyl sites for hydroxylation is 1. The fraction of sp³-hybridized carbons (Fsp3) is 0.588. The molecule has 1 heterocycles. The lowest BCUT2D eigenvalue weighted by molar-refractivity contribution is -0.121. The van der Waals surface area contributed by atoms with Gasteiger partial charge in [-0.3, -0.25) is 4.79 Å². The molecule has 1 atom stereocenters. The van der Waals surface area contributed by atoms with Gasteiger partial charge in [0.05, 0.1) is 6.61 Å². The van der Waals surface area contributed by atoms with E-state index in [-0.39, 0.29) is 5.91 Å². The summed E-state index contributed by atoms with van der Waals surface area (Å²) in [4.78, 5) is 11.5. The lowest BCUT2D eigenvalue weighted by Gasteiger charge is -2.13. The average Bonchev–Trinajstić information content (AvgIpc) is 3.04. The topological polar surface area (TPSA) is 38.3 Å². The molecular formula is C17H23NO2. The summed E-state index contributed by atoms with van der Waals surface area (Å²) in [7, 11) is 0. The van der Waals surface area contributed by atoms with Crippen molar-refractivity contribution in [1.82, 2.24) is 5.32 Å². The number of benzene rings is 1. The van der Waals surface area contributed by atoms with Gasteiger partial charge in [-0.2, -0.15) is 0 Å². The summed E-state index contributed by atoms with van der Waals surface area (Å²) in [6.45, 7) is 3.56. The lowest BCUT2D eigenvalue weighted by Crippen LogP contribution is -2.25. The van der Waals surface area contributed by atoms with Crippen molar-refractivity contribution < 1.29 is 9.53 Å². The highest BCUT2D eigenvalue weighted by Gasteiger charge is 2.29. The van der Waals surface area contributed by atoms with Crippen molar-refractivity contribution >= 4 is 5.91 Å². The first kappa shape index (κ1) is 13.5. The van der Waals surface area contributed by atoms with Gasteiger partial charge in [0.15, 0.2) is 0 Å². The number of nitrogens with one attached hydrogen (secondary N) is 1. The van der Waals surface area contributed by atoms with Gasteiger partial charge in [0.25, 0.3) is 0 Å². The zero-order valence-corrected chi connectivity index (χ0v) is 12.2. The summed E-state index contributed by atoms with van der Waals surface area (Å²) in [5.74, 6) is 1.71. The van der Waals surface area contributed by atoms with Crippen LogP contribution in [0.1, 0.15) is 55.2 Å². The van der Waals surface area contributed by atoms with Gasteiger partial charge in [0.2, 0.25) is 5.91 Å². The zero-order valence-electron chi connectivity index (χ0n) is 12.2. The number of fused-ring (bicyclic) bond motifs is 3. The molecule has 0 saturated carbocycles. The molecule has 108 valence electrons.